The molecule has 0 amide bonds. The van der Waals surface area contributed by atoms with Crippen LogP contribution in [0, 0.1) is 28.6 Å². The lowest BCUT2D eigenvalue weighted by Gasteiger charge is -2.57. The van der Waals surface area contributed by atoms with Crippen molar-refractivity contribution < 1.29 is 29.3 Å². The van der Waals surface area contributed by atoms with Gasteiger partial charge in [0, 0.05) is 19.8 Å². The van der Waals surface area contributed by atoms with Gasteiger partial charge < -0.3 is 14.9 Å². The highest BCUT2D eigenvalue weighted by molar-refractivity contribution is 7.98. The van der Waals surface area contributed by atoms with Gasteiger partial charge in [-0.05, 0) is 85.5 Å². The van der Waals surface area contributed by atoms with Gasteiger partial charge in [0.05, 0.1) is 18.7 Å². The van der Waals surface area contributed by atoms with Gasteiger partial charge in [-0.25, -0.2) is 0 Å². The summed E-state index contributed by atoms with van der Waals surface area (Å²) in [6.07, 6.45) is 11.2. The Hall–Kier alpha value is -1.96. The quantitative estimate of drug-likeness (QED) is 0.289. The molecule has 200 valence electrons. The third-order valence-electron chi connectivity index (χ3n) is 8.67. The summed E-state index contributed by atoms with van der Waals surface area (Å²) >= 11 is 1.53. The van der Waals surface area contributed by atoms with Crippen LogP contribution in [0.5, 0.6) is 11.6 Å². The molecule has 5 rings (SSSR count). The first kappa shape index (κ1) is 27.1. The van der Waals surface area contributed by atoms with E-state index in [0.29, 0.717) is 24.2 Å². The van der Waals surface area contributed by atoms with Gasteiger partial charge in [-0.1, -0.05) is 13.8 Å². The Balaban J connectivity index is 1.33. The summed E-state index contributed by atoms with van der Waals surface area (Å²) in [5, 5.41) is 21.3. The third kappa shape index (κ3) is 5.63. The van der Waals surface area contributed by atoms with Crippen LogP contribution in [0.1, 0.15) is 99.4 Å². The zero-order chi connectivity index (χ0) is 26.3. The van der Waals surface area contributed by atoms with Gasteiger partial charge in [-0.15, -0.1) is 0 Å². The molecule has 0 aliphatic heterocycles. The molecule has 4 aliphatic carbocycles. The van der Waals surface area contributed by atoms with Crippen molar-refractivity contribution in [2.45, 2.75) is 85.0 Å². The van der Waals surface area contributed by atoms with E-state index in [9.17, 15) is 24.6 Å². The molecule has 0 spiro atoms. The number of ketones is 1. The fraction of sp³-hybridized carbons (Fsp3) is 0.750. The van der Waals surface area contributed by atoms with Crippen molar-refractivity contribution in [2.24, 2.45) is 28.6 Å². The predicted octanol–water partition coefficient (Wildman–Crippen LogP) is 5.60. The lowest BCUT2D eigenvalue weighted by molar-refractivity contribution is -0.148. The molecule has 4 bridgehead atoms. The number of esters is 1. The van der Waals surface area contributed by atoms with Crippen LogP contribution in [-0.4, -0.2) is 51.1 Å². The predicted molar refractivity (Wildman–Crippen MR) is 140 cm³/mol. The zero-order valence-corrected chi connectivity index (χ0v) is 22.9. The molecule has 1 aromatic rings. The monoisotopic (exact) mass is 519 g/mol. The van der Waals surface area contributed by atoms with Crippen LogP contribution in [0.2, 0.25) is 0 Å². The summed E-state index contributed by atoms with van der Waals surface area (Å²) in [6, 6.07) is 0. The van der Waals surface area contributed by atoms with Gasteiger partial charge in [0.2, 0.25) is 11.8 Å². The van der Waals surface area contributed by atoms with Crippen LogP contribution in [0.3, 0.4) is 0 Å². The zero-order valence-electron chi connectivity index (χ0n) is 22.1. The summed E-state index contributed by atoms with van der Waals surface area (Å²) in [6.45, 7) is 5.31. The van der Waals surface area contributed by atoms with Gasteiger partial charge in [-0.3, -0.25) is 19.0 Å². The molecule has 0 unspecified atom stereocenters. The molecule has 4 aliphatic rings. The largest absolute Gasteiger partial charge is 0.505 e. The van der Waals surface area contributed by atoms with E-state index in [-0.39, 0.29) is 35.8 Å². The van der Waals surface area contributed by atoms with E-state index in [1.165, 1.54) is 57.2 Å². The Kier molecular flexibility index (Phi) is 7.84. The minimum Gasteiger partial charge on any atom is -0.505 e. The van der Waals surface area contributed by atoms with E-state index in [1.807, 2.05) is 6.26 Å². The van der Waals surface area contributed by atoms with E-state index < -0.39 is 23.0 Å². The van der Waals surface area contributed by atoms with Crippen molar-refractivity contribution in [3.63, 3.8) is 0 Å². The third-order valence-corrected chi connectivity index (χ3v) is 9.29. The number of hydrogen-bond donors (Lipinski definition) is 2. The van der Waals surface area contributed by atoms with Crippen molar-refractivity contribution in [1.29, 1.82) is 0 Å². The summed E-state index contributed by atoms with van der Waals surface area (Å²) in [4.78, 5) is 37.9. The fourth-order valence-electron chi connectivity index (χ4n) is 7.63. The van der Waals surface area contributed by atoms with Crippen molar-refractivity contribution in [3.8, 4) is 11.6 Å². The molecule has 4 fully saturated rings. The Labute approximate surface area is 218 Å². The smallest absolute Gasteiger partial charge is 0.306 e. The lowest BCUT2D eigenvalue weighted by Crippen LogP contribution is -2.46. The van der Waals surface area contributed by atoms with Gasteiger partial charge in [-0.2, -0.15) is 11.8 Å². The summed E-state index contributed by atoms with van der Waals surface area (Å²) in [5.74, 6) is 1.04. The fourth-order valence-corrected chi connectivity index (χ4v) is 8.02. The van der Waals surface area contributed by atoms with Crippen molar-refractivity contribution >= 4 is 29.4 Å². The number of rotatable bonds is 11. The van der Waals surface area contributed by atoms with E-state index in [0.717, 1.165) is 28.7 Å². The van der Waals surface area contributed by atoms with Crippen LogP contribution in [-0.2, 0) is 16.0 Å². The highest BCUT2D eigenvalue weighted by Gasteiger charge is 2.50. The number of nitrogens with zero attached hydrogens (tertiary/aromatic N) is 1. The van der Waals surface area contributed by atoms with Crippen LogP contribution in [0.25, 0.3) is 0 Å². The van der Waals surface area contributed by atoms with E-state index >= 15 is 0 Å². The van der Waals surface area contributed by atoms with Crippen molar-refractivity contribution in [2.75, 3.05) is 18.6 Å². The molecular weight excluding hydrogens is 478 g/mol. The van der Waals surface area contributed by atoms with Crippen LogP contribution in [0.4, 0.5) is 0 Å². The number of carbonyl (C=O) groups is 3. The standard InChI is InChI=1S/C28H41NO6S/c1-17(30)29-21(5-8-36-4)25(33)24(26(29)34)22(31)15-27(2,3)16-23(32)35-7-6-28-12-18-9-19(13-28)11-20(10-18)14-28/h18-20,33-34H,5-16H2,1-4H3. The van der Waals surface area contributed by atoms with Crippen LogP contribution < -0.4 is 0 Å². The lowest BCUT2D eigenvalue weighted by atomic mass is 9.49. The topological polar surface area (TPSA) is 106 Å². The number of ether oxygens (including phenoxy) is 1. The van der Waals surface area contributed by atoms with Crippen molar-refractivity contribution in [3.05, 3.63) is 11.3 Å². The Bertz CT molecular complexity index is 990. The Morgan fingerprint density at radius 3 is 2.17 bits per heavy atom. The number of thioether (sulfide) groups is 1. The SMILES string of the molecule is CSCCc1c(O)c(C(=O)CC(C)(C)CC(=O)OCCC23CC4CC(CC(C4)C2)C3)c(O)n1C(C)=O. The first-order valence-electron chi connectivity index (χ1n) is 13.3. The maximum atomic E-state index is 13.1. The average molecular weight is 520 g/mol. The minimum atomic E-state index is -0.731. The minimum absolute atomic E-state index is 0.0634. The second-order valence-corrected chi connectivity index (χ2v) is 13.4. The Morgan fingerprint density at radius 2 is 1.64 bits per heavy atom. The van der Waals surface area contributed by atoms with E-state index in [2.05, 4.69) is 0 Å². The van der Waals surface area contributed by atoms with E-state index in [1.54, 1.807) is 13.8 Å². The molecule has 36 heavy (non-hydrogen) atoms. The highest BCUT2D eigenvalue weighted by atomic mass is 32.2. The molecule has 0 aromatic carbocycles. The first-order valence-corrected chi connectivity index (χ1v) is 14.7. The van der Waals surface area contributed by atoms with Gasteiger partial charge in [0.15, 0.2) is 11.5 Å². The molecule has 1 aromatic heterocycles. The molecule has 0 saturated heterocycles. The summed E-state index contributed by atoms with van der Waals surface area (Å²) in [7, 11) is 0. The number of hydrogen-bond acceptors (Lipinski definition) is 7. The van der Waals surface area contributed by atoms with E-state index in [4.69, 9.17) is 4.74 Å². The molecule has 0 radical (unpaired) electrons. The molecule has 1 heterocycles. The summed E-state index contributed by atoms with van der Waals surface area (Å²) < 4.78 is 6.66. The highest BCUT2D eigenvalue weighted by Crippen LogP contribution is 2.61. The van der Waals surface area contributed by atoms with Gasteiger partial charge >= 0.3 is 5.97 Å². The molecule has 8 heteroatoms. The number of carbonyl (C=O) groups excluding carboxylic acids is 3. The first-order chi connectivity index (χ1) is 16.9. The number of Topliss-reactive ketones (excluding diaryl/α,β-unsaturated/α-hetero) is 1. The molecule has 7 nitrogen and oxygen atoms in total. The van der Waals surface area contributed by atoms with Crippen LogP contribution in [0.15, 0.2) is 0 Å². The molecule has 4 saturated carbocycles. The van der Waals surface area contributed by atoms with Gasteiger partial charge in [0.25, 0.3) is 0 Å². The number of aromatic hydroxyl groups is 2. The summed E-state index contributed by atoms with van der Waals surface area (Å²) in [5.41, 5.74) is -0.386. The maximum absolute atomic E-state index is 13.1. The maximum Gasteiger partial charge on any atom is 0.306 e. The Morgan fingerprint density at radius 1 is 1.06 bits per heavy atom. The molecular formula is C28H41NO6S. The van der Waals surface area contributed by atoms with Crippen molar-refractivity contribution in [1.82, 2.24) is 4.57 Å². The molecule has 2 N–H and O–H groups in total. The number of aromatic nitrogens is 1. The molecule has 0 atom stereocenters. The average Bonchev–Trinajstić information content (AvgIpc) is 2.99. The van der Waals surface area contributed by atoms with Gasteiger partial charge in [0.1, 0.15) is 5.56 Å². The normalized spacial score (nSPS) is 26.8. The van der Waals surface area contributed by atoms with Crippen LogP contribution >= 0.6 is 11.8 Å². The second-order valence-electron chi connectivity index (χ2n) is 12.4. The second kappa shape index (κ2) is 10.4.